The number of hydrogen-bond donors (Lipinski definition) is 2. The molecule has 0 spiro atoms. The van der Waals surface area contributed by atoms with Gasteiger partial charge in [0.25, 0.3) is 0 Å². The molecule has 1 aromatic carbocycles. The molecular formula is C20H22N6O2S. The van der Waals surface area contributed by atoms with Gasteiger partial charge in [0.2, 0.25) is 11.1 Å². The number of hydrogen-bond acceptors (Lipinski definition) is 7. The van der Waals surface area contributed by atoms with E-state index in [2.05, 4.69) is 30.4 Å². The molecule has 1 aliphatic heterocycles. The topological polar surface area (TPSA) is 96.0 Å². The summed E-state index contributed by atoms with van der Waals surface area (Å²) in [6, 6.07) is 11.6. The molecule has 8 nitrogen and oxygen atoms in total. The van der Waals surface area contributed by atoms with Crippen molar-refractivity contribution in [1.29, 1.82) is 0 Å². The van der Waals surface area contributed by atoms with Crippen molar-refractivity contribution in [3.05, 3.63) is 48.8 Å². The summed E-state index contributed by atoms with van der Waals surface area (Å²) in [5.41, 5.74) is 2.81. The van der Waals surface area contributed by atoms with Crippen molar-refractivity contribution < 1.29 is 9.53 Å². The minimum Gasteiger partial charge on any atom is -0.378 e. The number of anilines is 2. The lowest BCUT2D eigenvalue weighted by Crippen LogP contribution is -2.36. The molecule has 2 N–H and O–H groups in total. The average molecular weight is 411 g/mol. The molecule has 4 rings (SSSR count). The Kier molecular flexibility index (Phi) is 6.06. The molecule has 2 aromatic heterocycles. The summed E-state index contributed by atoms with van der Waals surface area (Å²) < 4.78 is 5.38. The minimum atomic E-state index is -0.338. The van der Waals surface area contributed by atoms with Crippen molar-refractivity contribution in [2.45, 2.75) is 17.3 Å². The number of rotatable bonds is 6. The van der Waals surface area contributed by atoms with Crippen LogP contribution < -0.4 is 10.2 Å². The van der Waals surface area contributed by atoms with E-state index in [1.54, 1.807) is 12.4 Å². The fourth-order valence-corrected chi connectivity index (χ4v) is 3.70. The summed E-state index contributed by atoms with van der Waals surface area (Å²) in [7, 11) is 0. The van der Waals surface area contributed by atoms with Crippen LogP contribution in [0.4, 0.5) is 11.4 Å². The van der Waals surface area contributed by atoms with Gasteiger partial charge in [-0.1, -0.05) is 11.8 Å². The minimum absolute atomic E-state index is 0.0932. The van der Waals surface area contributed by atoms with E-state index < -0.39 is 0 Å². The van der Waals surface area contributed by atoms with Crippen LogP contribution in [-0.2, 0) is 9.53 Å². The van der Waals surface area contributed by atoms with Crippen LogP contribution in [0.5, 0.6) is 0 Å². The van der Waals surface area contributed by atoms with Crippen LogP contribution in [-0.4, -0.2) is 57.6 Å². The fraction of sp³-hybridized carbons (Fsp3) is 0.300. The fourth-order valence-electron chi connectivity index (χ4n) is 2.97. The molecule has 1 fully saturated rings. The van der Waals surface area contributed by atoms with Crippen molar-refractivity contribution in [3.63, 3.8) is 0 Å². The molecule has 29 heavy (non-hydrogen) atoms. The SMILES string of the molecule is C[C@H](Sc1n[nH]c(-c2ccncc2)n1)C(=O)Nc1ccc(N2CCOCC2)cc1. The number of nitrogens with zero attached hydrogens (tertiary/aromatic N) is 4. The number of aromatic nitrogens is 4. The molecule has 0 saturated carbocycles. The van der Waals surface area contributed by atoms with Gasteiger partial charge < -0.3 is 15.0 Å². The summed E-state index contributed by atoms with van der Waals surface area (Å²) in [6.45, 7) is 5.11. The normalized spacial score (nSPS) is 15.1. The average Bonchev–Trinajstić information content (AvgIpc) is 3.24. The molecule has 0 radical (unpaired) electrons. The molecule has 1 saturated heterocycles. The number of pyridine rings is 1. The maximum Gasteiger partial charge on any atom is 0.237 e. The second kappa shape index (κ2) is 9.06. The summed E-state index contributed by atoms with van der Waals surface area (Å²) in [5.74, 6) is 0.561. The van der Waals surface area contributed by atoms with Crippen LogP contribution in [0, 0.1) is 0 Å². The van der Waals surface area contributed by atoms with Gasteiger partial charge in [-0.2, -0.15) is 0 Å². The number of carbonyl (C=O) groups is 1. The predicted molar refractivity (Wildman–Crippen MR) is 113 cm³/mol. The van der Waals surface area contributed by atoms with Crippen molar-refractivity contribution in [1.82, 2.24) is 20.2 Å². The summed E-state index contributed by atoms with van der Waals surface area (Å²) in [5, 5.41) is 10.2. The van der Waals surface area contributed by atoms with Crippen molar-refractivity contribution in [2.75, 3.05) is 36.5 Å². The highest BCUT2D eigenvalue weighted by atomic mass is 32.2. The van der Waals surface area contributed by atoms with Crippen molar-refractivity contribution in [3.8, 4) is 11.4 Å². The van der Waals surface area contributed by atoms with E-state index in [1.807, 2.05) is 43.3 Å². The van der Waals surface area contributed by atoms with E-state index in [0.29, 0.717) is 11.0 Å². The quantitative estimate of drug-likeness (QED) is 0.603. The van der Waals surface area contributed by atoms with Crippen LogP contribution in [0.3, 0.4) is 0 Å². The van der Waals surface area contributed by atoms with Crippen LogP contribution in [0.1, 0.15) is 6.92 Å². The van der Waals surface area contributed by atoms with Gasteiger partial charge in [0, 0.05) is 42.4 Å². The van der Waals surface area contributed by atoms with Crippen LogP contribution in [0.15, 0.2) is 53.9 Å². The second-order valence-electron chi connectivity index (χ2n) is 6.60. The number of nitrogens with one attached hydrogen (secondary N) is 2. The van der Waals surface area contributed by atoms with Gasteiger partial charge in [-0.05, 0) is 43.3 Å². The van der Waals surface area contributed by atoms with Gasteiger partial charge >= 0.3 is 0 Å². The molecule has 9 heteroatoms. The third kappa shape index (κ3) is 4.93. The van der Waals surface area contributed by atoms with Gasteiger partial charge in [0.15, 0.2) is 5.82 Å². The van der Waals surface area contributed by atoms with E-state index >= 15 is 0 Å². The highest BCUT2D eigenvalue weighted by molar-refractivity contribution is 8.00. The molecule has 0 unspecified atom stereocenters. The first kappa shape index (κ1) is 19.4. The zero-order chi connectivity index (χ0) is 20.1. The third-order valence-corrected chi connectivity index (χ3v) is 5.54. The number of aromatic amines is 1. The van der Waals surface area contributed by atoms with E-state index in [0.717, 1.165) is 43.2 Å². The Bertz CT molecular complexity index is 941. The summed E-state index contributed by atoms with van der Waals surface area (Å²) in [6.07, 6.45) is 3.40. The maximum atomic E-state index is 12.5. The van der Waals surface area contributed by atoms with E-state index in [4.69, 9.17) is 4.74 Å². The number of benzene rings is 1. The second-order valence-corrected chi connectivity index (χ2v) is 7.91. The first-order valence-electron chi connectivity index (χ1n) is 9.42. The third-order valence-electron chi connectivity index (χ3n) is 4.58. The smallest absolute Gasteiger partial charge is 0.237 e. The largest absolute Gasteiger partial charge is 0.378 e. The molecular weight excluding hydrogens is 388 g/mol. The first-order chi connectivity index (χ1) is 14.2. The van der Waals surface area contributed by atoms with Crippen molar-refractivity contribution >= 4 is 29.0 Å². The Labute approximate surface area is 173 Å². The lowest BCUT2D eigenvalue weighted by molar-refractivity contribution is -0.115. The van der Waals surface area contributed by atoms with E-state index in [1.165, 1.54) is 11.8 Å². The summed E-state index contributed by atoms with van der Waals surface area (Å²) in [4.78, 5) is 23.3. The molecule has 1 aliphatic rings. The number of amides is 1. The molecule has 3 aromatic rings. The number of H-pyrrole nitrogens is 1. The Balaban J connectivity index is 1.33. The monoisotopic (exact) mass is 410 g/mol. The van der Waals surface area contributed by atoms with Gasteiger partial charge in [-0.15, -0.1) is 5.10 Å². The molecule has 0 aliphatic carbocycles. The molecule has 0 bridgehead atoms. The molecule has 3 heterocycles. The zero-order valence-electron chi connectivity index (χ0n) is 16.0. The lowest BCUT2D eigenvalue weighted by Gasteiger charge is -2.28. The maximum absolute atomic E-state index is 12.5. The van der Waals surface area contributed by atoms with E-state index in [9.17, 15) is 4.79 Å². The summed E-state index contributed by atoms with van der Waals surface area (Å²) >= 11 is 1.31. The van der Waals surface area contributed by atoms with Crippen LogP contribution in [0.2, 0.25) is 0 Å². The van der Waals surface area contributed by atoms with Gasteiger partial charge in [-0.3, -0.25) is 14.9 Å². The first-order valence-corrected chi connectivity index (χ1v) is 10.3. The standard InChI is InChI=1S/C20H22N6O2S/c1-14(29-20-23-18(24-25-20)15-6-8-21-9-7-15)19(27)22-16-2-4-17(5-3-16)26-10-12-28-13-11-26/h2-9,14H,10-13H2,1H3,(H,22,27)(H,23,24,25)/t14-/m0/s1. The molecule has 1 atom stereocenters. The Hall–Kier alpha value is -2.91. The van der Waals surface area contributed by atoms with Crippen molar-refractivity contribution in [2.24, 2.45) is 0 Å². The molecule has 1 amide bonds. The Morgan fingerprint density at radius 3 is 2.62 bits per heavy atom. The highest BCUT2D eigenvalue weighted by Crippen LogP contribution is 2.24. The van der Waals surface area contributed by atoms with E-state index in [-0.39, 0.29) is 11.2 Å². The van der Waals surface area contributed by atoms with Gasteiger partial charge in [0.05, 0.1) is 18.5 Å². The lowest BCUT2D eigenvalue weighted by atomic mass is 10.2. The van der Waals surface area contributed by atoms with Gasteiger partial charge in [0.1, 0.15) is 0 Å². The van der Waals surface area contributed by atoms with Gasteiger partial charge in [-0.25, -0.2) is 4.98 Å². The number of carbonyl (C=O) groups excluding carboxylic acids is 1. The predicted octanol–water partition coefficient (Wildman–Crippen LogP) is 2.82. The van der Waals surface area contributed by atoms with Crippen LogP contribution >= 0.6 is 11.8 Å². The molecule has 150 valence electrons. The number of ether oxygens (including phenoxy) is 1. The van der Waals surface area contributed by atoms with Crippen LogP contribution in [0.25, 0.3) is 11.4 Å². The number of morpholine rings is 1. The number of thioether (sulfide) groups is 1. The highest BCUT2D eigenvalue weighted by Gasteiger charge is 2.18. The Morgan fingerprint density at radius 2 is 1.90 bits per heavy atom. The zero-order valence-corrected chi connectivity index (χ0v) is 16.9. The Morgan fingerprint density at radius 1 is 1.17 bits per heavy atom.